The highest BCUT2D eigenvalue weighted by atomic mass is 32.2. The van der Waals surface area contributed by atoms with E-state index in [1.807, 2.05) is 0 Å². The molecule has 0 atom stereocenters. The van der Waals surface area contributed by atoms with E-state index in [4.69, 9.17) is 9.47 Å². The van der Waals surface area contributed by atoms with Gasteiger partial charge in [-0.25, -0.2) is 17.6 Å². The minimum absolute atomic E-state index is 0.0703. The van der Waals surface area contributed by atoms with Gasteiger partial charge < -0.3 is 9.47 Å². The van der Waals surface area contributed by atoms with E-state index in [-0.39, 0.29) is 29.0 Å². The van der Waals surface area contributed by atoms with E-state index in [1.54, 1.807) is 63.2 Å². The molecule has 0 bridgehead atoms. The molecule has 0 spiro atoms. The SMILES string of the molecule is CN1C(=O)c2ccccc2C1=O.COc1cc(S(=O)(=O)N2CCCc3ccc(NC(=O)OC(C)(C)C)cc32)ccc1F. The second kappa shape index (κ2) is 11.8. The van der Waals surface area contributed by atoms with Crippen LogP contribution in [0.3, 0.4) is 0 Å². The molecule has 0 unspecified atom stereocenters. The summed E-state index contributed by atoms with van der Waals surface area (Å²) in [5, 5.41) is 2.63. The van der Waals surface area contributed by atoms with E-state index < -0.39 is 27.5 Å². The van der Waals surface area contributed by atoms with Crippen molar-refractivity contribution in [3.05, 3.63) is 83.2 Å². The zero-order chi connectivity index (χ0) is 30.8. The van der Waals surface area contributed by atoms with Crippen LogP contribution in [0.15, 0.2) is 65.6 Å². The number of hydrogen-bond acceptors (Lipinski definition) is 7. The van der Waals surface area contributed by atoms with Gasteiger partial charge in [0.2, 0.25) is 0 Å². The Morgan fingerprint density at radius 1 is 0.976 bits per heavy atom. The quantitative estimate of drug-likeness (QED) is 0.409. The molecule has 1 N–H and O–H groups in total. The maximum atomic E-state index is 13.7. The van der Waals surface area contributed by atoms with Gasteiger partial charge in [0, 0.05) is 25.3 Å². The van der Waals surface area contributed by atoms with E-state index in [1.165, 1.54) is 30.6 Å². The molecule has 0 fully saturated rings. The number of benzene rings is 3. The van der Waals surface area contributed by atoms with Crippen LogP contribution in [0, 0.1) is 5.82 Å². The second-order valence-electron chi connectivity index (χ2n) is 10.7. The van der Waals surface area contributed by atoms with Crippen molar-refractivity contribution in [3.8, 4) is 5.75 Å². The van der Waals surface area contributed by atoms with Crippen LogP contribution in [0.2, 0.25) is 0 Å². The number of anilines is 2. The normalized spacial score (nSPS) is 14.4. The molecule has 3 amide bonds. The molecule has 0 aromatic heterocycles. The van der Waals surface area contributed by atoms with Crippen molar-refractivity contribution in [2.75, 3.05) is 30.3 Å². The van der Waals surface area contributed by atoms with Crippen LogP contribution in [0.5, 0.6) is 5.75 Å². The molecular formula is C30H32FN3O7S. The Balaban J connectivity index is 0.000000279. The van der Waals surface area contributed by atoms with Gasteiger partial charge in [0.25, 0.3) is 21.8 Å². The van der Waals surface area contributed by atoms with Gasteiger partial charge in [0.05, 0.1) is 28.8 Å². The number of aryl methyl sites for hydroxylation is 1. The summed E-state index contributed by atoms with van der Waals surface area (Å²) in [6.45, 7) is 5.53. The van der Waals surface area contributed by atoms with Gasteiger partial charge in [-0.2, -0.15) is 0 Å². The maximum Gasteiger partial charge on any atom is 0.412 e. The first kappa shape index (κ1) is 30.5. The fourth-order valence-electron chi connectivity index (χ4n) is 4.53. The van der Waals surface area contributed by atoms with Crippen molar-refractivity contribution >= 4 is 39.3 Å². The molecule has 3 aromatic rings. The van der Waals surface area contributed by atoms with Gasteiger partial charge in [-0.1, -0.05) is 18.2 Å². The van der Waals surface area contributed by atoms with Gasteiger partial charge in [0.1, 0.15) is 5.60 Å². The summed E-state index contributed by atoms with van der Waals surface area (Å²) < 4.78 is 51.8. The van der Waals surface area contributed by atoms with Crippen LogP contribution in [0.25, 0.3) is 0 Å². The largest absolute Gasteiger partial charge is 0.494 e. The molecule has 222 valence electrons. The summed E-state index contributed by atoms with van der Waals surface area (Å²) in [6.07, 6.45) is 0.723. The second-order valence-corrected chi connectivity index (χ2v) is 12.5. The predicted octanol–water partition coefficient (Wildman–Crippen LogP) is 5.24. The number of fused-ring (bicyclic) bond motifs is 2. The topological polar surface area (TPSA) is 122 Å². The smallest absolute Gasteiger partial charge is 0.412 e. The molecule has 42 heavy (non-hydrogen) atoms. The lowest BCUT2D eigenvalue weighted by atomic mass is 10.0. The number of halogens is 1. The van der Waals surface area contributed by atoms with Crippen LogP contribution in [-0.2, 0) is 21.2 Å². The van der Waals surface area contributed by atoms with E-state index in [9.17, 15) is 27.2 Å². The zero-order valence-corrected chi connectivity index (χ0v) is 24.7. The first-order valence-corrected chi connectivity index (χ1v) is 14.6. The summed E-state index contributed by atoms with van der Waals surface area (Å²) in [7, 11) is -1.19. The van der Waals surface area contributed by atoms with E-state index in [0.29, 0.717) is 35.3 Å². The Bertz CT molecular complexity index is 1620. The minimum Gasteiger partial charge on any atom is -0.494 e. The number of methoxy groups -OCH3 is 1. The summed E-state index contributed by atoms with van der Waals surface area (Å²) >= 11 is 0. The van der Waals surface area contributed by atoms with Gasteiger partial charge >= 0.3 is 6.09 Å². The molecular weight excluding hydrogens is 565 g/mol. The van der Waals surface area contributed by atoms with Crippen LogP contribution in [0.4, 0.5) is 20.6 Å². The molecule has 3 aromatic carbocycles. The minimum atomic E-state index is -3.96. The van der Waals surface area contributed by atoms with Gasteiger partial charge in [0.15, 0.2) is 11.6 Å². The summed E-state index contributed by atoms with van der Waals surface area (Å²) in [5.74, 6) is -1.21. The van der Waals surface area contributed by atoms with Crippen LogP contribution in [-0.4, -0.2) is 57.5 Å². The Labute approximate surface area is 244 Å². The maximum absolute atomic E-state index is 13.7. The number of ether oxygens (including phenoxy) is 2. The highest BCUT2D eigenvalue weighted by Crippen LogP contribution is 2.35. The van der Waals surface area contributed by atoms with Gasteiger partial charge in [-0.05, 0) is 75.6 Å². The first-order valence-electron chi connectivity index (χ1n) is 13.1. The van der Waals surface area contributed by atoms with Crippen LogP contribution in [0.1, 0.15) is 53.5 Å². The first-order chi connectivity index (χ1) is 19.7. The number of hydrogen-bond donors (Lipinski definition) is 1. The third kappa shape index (κ3) is 6.38. The fraction of sp³-hybridized carbons (Fsp3) is 0.300. The highest BCUT2D eigenvalue weighted by Gasteiger charge is 2.32. The molecule has 0 aliphatic carbocycles. The number of amides is 3. The van der Waals surface area contributed by atoms with E-state index in [2.05, 4.69) is 5.32 Å². The highest BCUT2D eigenvalue weighted by molar-refractivity contribution is 7.92. The molecule has 0 saturated carbocycles. The summed E-state index contributed by atoms with van der Waals surface area (Å²) in [4.78, 5) is 35.8. The third-order valence-corrected chi connectivity index (χ3v) is 8.32. The number of nitrogens with one attached hydrogen (secondary N) is 1. The van der Waals surface area contributed by atoms with Crippen LogP contribution >= 0.6 is 0 Å². The Morgan fingerprint density at radius 2 is 1.62 bits per heavy atom. The molecule has 12 heteroatoms. The Hall–Kier alpha value is -4.45. The fourth-order valence-corrected chi connectivity index (χ4v) is 6.08. The van der Waals surface area contributed by atoms with Crippen LogP contribution < -0.4 is 14.4 Å². The third-order valence-electron chi connectivity index (χ3n) is 6.51. The summed E-state index contributed by atoms with van der Waals surface area (Å²) in [5.41, 5.74) is 2.08. The van der Waals surface area contributed by atoms with Crippen molar-refractivity contribution in [1.29, 1.82) is 0 Å². The Morgan fingerprint density at radius 3 is 2.21 bits per heavy atom. The predicted molar refractivity (Wildman–Crippen MR) is 155 cm³/mol. The van der Waals surface area contributed by atoms with Crippen molar-refractivity contribution in [3.63, 3.8) is 0 Å². The van der Waals surface area contributed by atoms with Crippen molar-refractivity contribution in [2.24, 2.45) is 0 Å². The molecule has 2 aliphatic heterocycles. The number of nitrogens with zero attached hydrogens (tertiary/aromatic N) is 2. The molecule has 10 nitrogen and oxygen atoms in total. The molecule has 2 aliphatic rings. The van der Waals surface area contributed by atoms with E-state index in [0.717, 1.165) is 16.5 Å². The Kier molecular flexibility index (Phi) is 8.58. The number of rotatable bonds is 4. The summed E-state index contributed by atoms with van der Waals surface area (Å²) in [6, 6.07) is 15.4. The van der Waals surface area contributed by atoms with Crippen molar-refractivity contribution in [1.82, 2.24) is 4.90 Å². The molecule has 0 saturated heterocycles. The molecule has 2 heterocycles. The van der Waals surface area contributed by atoms with Crippen molar-refractivity contribution in [2.45, 2.75) is 44.1 Å². The lowest BCUT2D eigenvalue weighted by Gasteiger charge is -2.31. The number of sulfonamides is 1. The average Bonchev–Trinajstić information content (AvgIpc) is 3.16. The van der Waals surface area contributed by atoms with Gasteiger partial charge in [-0.15, -0.1) is 0 Å². The lowest BCUT2D eigenvalue weighted by molar-refractivity contribution is 0.0633. The average molecular weight is 598 g/mol. The number of carbonyl (C=O) groups excluding carboxylic acids is 3. The number of carbonyl (C=O) groups is 3. The molecule has 0 radical (unpaired) electrons. The van der Waals surface area contributed by atoms with Gasteiger partial charge in [-0.3, -0.25) is 24.1 Å². The monoisotopic (exact) mass is 597 g/mol. The number of imide groups is 1. The molecule has 5 rings (SSSR count). The zero-order valence-electron chi connectivity index (χ0n) is 23.9. The van der Waals surface area contributed by atoms with Crippen molar-refractivity contribution < 1.29 is 36.7 Å². The van der Waals surface area contributed by atoms with E-state index >= 15 is 0 Å². The standard InChI is InChI=1S/C21H25FN2O5S.C9H7NO2/c1-21(2,3)29-20(25)23-15-8-7-14-6-5-11-24(18(14)12-15)30(26,27)16-9-10-17(22)19(13-16)28-4;1-10-8(11)6-4-2-3-5-7(6)9(10)12/h7-10,12-13H,5-6,11H2,1-4H3,(H,23,25);2-5H,1H3. The lowest BCUT2D eigenvalue weighted by Crippen LogP contribution is -2.35.